The predicted octanol–water partition coefficient (Wildman–Crippen LogP) is 4.18. The molecule has 0 aliphatic heterocycles. The second-order valence-electron chi connectivity index (χ2n) is 11.8. The number of benzene rings is 3. The Balaban J connectivity index is 1.34. The van der Waals surface area contributed by atoms with Crippen molar-refractivity contribution in [1.29, 1.82) is 0 Å². The van der Waals surface area contributed by atoms with Crippen molar-refractivity contribution in [1.82, 2.24) is 14.7 Å². The van der Waals surface area contributed by atoms with E-state index in [4.69, 9.17) is 10.5 Å². The van der Waals surface area contributed by atoms with Crippen LogP contribution >= 0.6 is 0 Å². The van der Waals surface area contributed by atoms with Gasteiger partial charge in [-0.15, -0.1) is 0 Å². The van der Waals surface area contributed by atoms with E-state index in [1.807, 2.05) is 0 Å². The summed E-state index contributed by atoms with van der Waals surface area (Å²) >= 11 is 0. The Hall–Kier alpha value is -4.82. The van der Waals surface area contributed by atoms with Gasteiger partial charge in [0.1, 0.15) is 23.2 Å². The normalized spacial score (nSPS) is 14.3. The van der Waals surface area contributed by atoms with E-state index in [0.717, 1.165) is 32.1 Å². The summed E-state index contributed by atoms with van der Waals surface area (Å²) < 4.78 is 66.9. The van der Waals surface area contributed by atoms with Gasteiger partial charge in [-0.05, 0) is 66.3 Å². The lowest BCUT2D eigenvalue weighted by Crippen LogP contribution is -2.44. The van der Waals surface area contributed by atoms with Crippen LogP contribution in [0.3, 0.4) is 0 Å². The van der Waals surface area contributed by atoms with Gasteiger partial charge in [-0.1, -0.05) is 43.5 Å². The number of halogens is 2. The summed E-state index contributed by atoms with van der Waals surface area (Å²) in [5.74, 6) is -4.47. The van der Waals surface area contributed by atoms with Crippen molar-refractivity contribution in [2.45, 2.75) is 56.0 Å². The first kappa shape index (κ1) is 34.5. The second-order valence-corrected chi connectivity index (χ2v) is 13.5. The minimum atomic E-state index is -4.21. The highest BCUT2D eigenvalue weighted by atomic mass is 32.2. The van der Waals surface area contributed by atoms with Crippen molar-refractivity contribution in [3.8, 4) is 5.69 Å². The van der Waals surface area contributed by atoms with Gasteiger partial charge in [0, 0.05) is 32.3 Å². The number of hydrogen-bond acceptors (Lipinski definition) is 7. The number of aromatic nitrogens is 2. The fourth-order valence-electron chi connectivity index (χ4n) is 5.73. The van der Waals surface area contributed by atoms with Crippen molar-refractivity contribution >= 4 is 27.6 Å². The highest BCUT2D eigenvalue weighted by molar-refractivity contribution is 7.92. The highest BCUT2D eigenvalue weighted by Crippen LogP contribution is 2.25. The van der Waals surface area contributed by atoms with E-state index >= 15 is 8.78 Å². The monoisotopic (exact) mass is 681 g/mol. The number of esters is 1. The summed E-state index contributed by atoms with van der Waals surface area (Å²) in [7, 11) is -2.50. The first-order valence-corrected chi connectivity index (χ1v) is 17.1. The molecule has 1 saturated carbocycles. The number of anilines is 1. The molecule has 0 radical (unpaired) electrons. The van der Waals surface area contributed by atoms with Crippen molar-refractivity contribution in [3.05, 3.63) is 112 Å². The van der Waals surface area contributed by atoms with Crippen LogP contribution in [0.2, 0.25) is 0 Å². The van der Waals surface area contributed by atoms with Crippen LogP contribution < -0.4 is 21.3 Å². The van der Waals surface area contributed by atoms with E-state index in [2.05, 4.69) is 10.0 Å². The smallest absolute Gasteiger partial charge is 0.329 e. The van der Waals surface area contributed by atoms with E-state index < -0.39 is 50.8 Å². The van der Waals surface area contributed by atoms with Gasteiger partial charge in [0.15, 0.2) is 0 Å². The van der Waals surface area contributed by atoms with Gasteiger partial charge in [0.2, 0.25) is 0 Å². The summed E-state index contributed by atoms with van der Waals surface area (Å²) in [4.78, 5) is 38.6. The van der Waals surface area contributed by atoms with E-state index in [0.29, 0.717) is 28.9 Å². The number of hydrogen-bond donors (Lipinski definition) is 3. The minimum Gasteiger partial charge on any atom is -0.464 e. The topological polar surface area (TPSA) is 155 Å². The largest absolute Gasteiger partial charge is 0.464 e. The number of carbonyl (C=O) groups is 2. The molecule has 0 bridgehead atoms. The molecule has 4 aromatic rings. The molecule has 1 atom stereocenters. The van der Waals surface area contributed by atoms with Crippen LogP contribution in [-0.2, 0) is 39.6 Å². The molecule has 1 fully saturated rings. The summed E-state index contributed by atoms with van der Waals surface area (Å²) in [5, 5.41) is 2.41. The molecular formula is C34H37F2N5O6S. The van der Waals surface area contributed by atoms with Gasteiger partial charge in [-0.3, -0.25) is 19.0 Å². The number of sulfonamides is 1. The summed E-state index contributed by atoms with van der Waals surface area (Å²) in [5.41, 5.74) is 5.74. The number of amides is 1. The van der Waals surface area contributed by atoms with Gasteiger partial charge in [0.25, 0.3) is 21.5 Å². The summed E-state index contributed by atoms with van der Waals surface area (Å²) in [6.45, 7) is 0.364. The third kappa shape index (κ3) is 8.17. The van der Waals surface area contributed by atoms with Crippen LogP contribution in [0.5, 0.6) is 0 Å². The molecule has 3 aromatic carbocycles. The second kappa shape index (κ2) is 14.9. The Bertz CT molecular complexity index is 1910. The van der Waals surface area contributed by atoms with Crippen molar-refractivity contribution < 1.29 is 31.5 Å². The fourth-order valence-corrected chi connectivity index (χ4v) is 6.77. The average molecular weight is 682 g/mol. The number of nitrogens with one attached hydrogen (secondary N) is 2. The molecule has 1 aliphatic rings. The van der Waals surface area contributed by atoms with Gasteiger partial charge >= 0.3 is 5.97 Å². The van der Waals surface area contributed by atoms with Crippen LogP contribution in [0.25, 0.3) is 5.69 Å². The summed E-state index contributed by atoms with van der Waals surface area (Å²) in [6, 6.07) is 13.8. The Kier molecular flexibility index (Phi) is 10.7. The van der Waals surface area contributed by atoms with Crippen molar-refractivity contribution in [3.63, 3.8) is 0 Å². The Labute approximate surface area is 276 Å². The maximum absolute atomic E-state index is 15.3. The van der Waals surface area contributed by atoms with Crippen LogP contribution in [0.15, 0.2) is 82.6 Å². The molecule has 1 heterocycles. The molecule has 254 valence electrons. The highest BCUT2D eigenvalue weighted by Gasteiger charge is 2.28. The number of nitrogens with zero attached hydrogens (tertiary/aromatic N) is 2. The quantitative estimate of drug-likeness (QED) is 0.190. The number of carbonyl (C=O) groups excluding carboxylic acids is 2. The van der Waals surface area contributed by atoms with Crippen LogP contribution in [-0.4, -0.2) is 42.3 Å². The standard InChI is InChI=1S/C34H37F2N5O6S/c1-40-16-15-31(42)41(40)26-11-7-22(8-12-26)17-30(34(44)47-21-24-5-3-2-4-6-24)38-33(43)32-28(35)18-25(19-29(32)36)39-48(45,46)27-13-9-23(20-37)10-14-27/h7-16,18-19,24,30,39H,2-6,17,20-21,37H2,1H3,(H,38,43)/t30-/m0/s1. The maximum Gasteiger partial charge on any atom is 0.329 e. The van der Waals surface area contributed by atoms with E-state index in [1.54, 1.807) is 42.2 Å². The zero-order chi connectivity index (χ0) is 34.4. The fraction of sp³-hybridized carbons (Fsp3) is 0.324. The maximum atomic E-state index is 15.3. The lowest BCUT2D eigenvalue weighted by molar-refractivity contribution is -0.147. The third-order valence-corrected chi connectivity index (χ3v) is 9.74. The molecule has 0 unspecified atom stereocenters. The number of aryl methyl sites for hydroxylation is 1. The first-order chi connectivity index (χ1) is 22.9. The van der Waals surface area contributed by atoms with E-state index in [9.17, 15) is 22.8 Å². The molecule has 0 saturated heterocycles. The lowest BCUT2D eigenvalue weighted by Gasteiger charge is -2.23. The summed E-state index contributed by atoms with van der Waals surface area (Å²) in [6.07, 6.45) is 6.56. The Morgan fingerprint density at radius 2 is 1.58 bits per heavy atom. The van der Waals surface area contributed by atoms with E-state index in [-0.39, 0.29) is 35.9 Å². The first-order valence-electron chi connectivity index (χ1n) is 15.6. The van der Waals surface area contributed by atoms with Gasteiger partial charge in [-0.25, -0.2) is 26.7 Å². The van der Waals surface area contributed by atoms with Crippen molar-refractivity contribution in [2.75, 3.05) is 11.3 Å². The van der Waals surface area contributed by atoms with Crippen LogP contribution in [0.4, 0.5) is 14.5 Å². The molecule has 4 N–H and O–H groups in total. The molecule has 1 aliphatic carbocycles. The Morgan fingerprint density at radius 1 is 0.958 bits per heavy atom. The SMILES string of the molecule is Cn1ccc(=O)n1-c1ccc(C[C@H](NC(=O)c2c(F)cc(NS(=O)(=O)c3ccc(CN)cc3)cc2F)C(=O)OCC2CCCCC2)cc1. The molecule has 0 spiro atoms. The molecule has 11 nitrogen and oxygen atoms in total. The average Bonchev–Trinajstić information content (AvgIpc) is 3.40. The molecule has 1 amide bonds. The number of ether oxygens (including phenoxy) is 1. The number of rotatable bonds is 12. The third-order valence-electron chi connectivity index (χ3n) is 8.34. The molecule has 48 heavy (non-hydrogen) atoms. The van der Waals surface area contributed by atoms with Gasteiger partial charge < -0.3 is 15.8 Å². The lowest BCUT2D eigenvalue weighted by atomic mass is 9.90. The van der Waals surface area contributed by atoms with E-state index in [1.165, 1.54) is 35.0 Å². The van der Waals surface area contributed by atoms with Crippen LogP contribution in [0.1, 0.15) is 53.6 Å². The molecule has 14 heteroatoms. The molecule has 1 aromatic heterocycles. The van der Waals surface area contributed by atoms with Crippen LogP contribution in [0, 0.1) is 17.6 Å². The van der Waals surface area contributed by atoms with Crippen molar-refractivity contribution in [2.24, 2.45) is 18.7 Å². The molecule has 5 rings (SSSR count). The number of nitrogens with two attached hydrogens (primary N) is 1. The molecular weight excluding hydrogens is 644 g/mol. The zero-order valence-electron chi connectivity index (χ0n) is 26.3. The minimum absolute atomic E-state index is 0.0678. The van der Waals surface area contributed by atoms with Gasteiger partial charge in [-0.2, -0.15) is 0 Å². The van der Waals surface area contributed by atoms with Gasteiger partial charge in [0.05, 0.1) is 22.9 Å². The Morgan fingerprint density at radius 3 is 2.17 bits per heavy atom. The zero-order valence-corrected chi connectivity index (χ0v) is 27.1. The predicted molar refractivity (Wildman–Crippen MR) is 175 cm³/mol.